The Morgan fingerprint density at radius 2 is 1.91 bits per heavy atom. The molecule has 1 fully saturated rings. The van der Waals surface area contributed by atoms with E-state index in [2.05, 4.69) is 17.6 Å². The van der Waals surface area contributed by atoms with E-state index in [1.807, 2.05) is 19.1 Å². The number of allylic oxidation sites excluding steroid dienone is 1. The zero-order valence-electron chi connectivity index (χ0n) is 13.5. The molecule has 1 aromatic carbocycles. The second kappa shape index (κ2) is 7.25. The molecule has 4 heteroatoms. The summed E-state index contributed by atoms with van der Waals surface area (Å²) in [5.74, 6) is 0.407. The normalized spacial score (nSPS) is 17.8. The number of hydrogen-bond acceptors (Lipinski definition) is 2. The van der Waals surface area contributed by atoms with E-state index >= 15 is 0 Å². The lowest BCUT2D eigenvalue weighted by molar-refractivity contribution is -0.112. The third-order valence-corrected chi connectivity index (χ3v) is 4.24. The SMILES string of the molecule is CNC(=O)c1c(C)cccc1NC(=O)C=C1CCC(C)CC1. The third kappa shape index (κ3) is 3.97. The number of rotatable bonds is 3. The Kier molecular flexibility index (Phi) is 5.36. The van der Waals surface area contributed by atoms with Crippen LogP contribution in [0.15, 0.2) is 29.8 Å². The second-order valence-corrected chi connectivity index (χ2v) is 6.05. The molecule has 118 valence electrons. The smallest absolute Gasteiger partial charge is 0.253 e. The summed E-state index contributed by atoms with van der Waals surface area (Å²) in [6, 6.07) is 5.46. The van der Waals surface area contributed by atoms with Gasteiger partial charge in [-0.3, -0.25) is 9.59 Å². The van der Waals surface area contributed by atoms with Gasteiger partial charge >= 0.3 is 0 Å². The highest BCUT2D eigenvalue weighted by Gasteiger charge is 2.16. The van der Waals surface area contributed by atoms with Crippen molar-refractivity contribution in [2.45, 2.75) is 39.5 Å². The van der Waals surface area contributed by atoms with Crippen LogP contribution in [-0.4, -0.2) is 18.9 Å². The minimum Gasteiger partial charge on any atom is -0.355 e. The third-order valence-electron chi connectivity index (χ3n) is 4.24. The summed E-state index contributed by atoms with van der Waals surface area (Å²) in [7, 11) is 1.59. The highest BCUT2D eigenvalue weighted by Crippen LogP contribution is 2.27. The minimum absolute atomic E-state index is 0.152. The number of carbonyl (C=O) groups excluding carboxylic acids is 2. The molecule has 22 heavy (non-hydrogen) atoms. The minimum atomic E-state index is -0.187. The summed E-state index contributed by atoms with van der Waals surface area (Å²) >= 11 is 0. The van der Waals surface area contributed by atoms with Crippen molar-refractivity contribution in [1.82, 2.24) is 5.32 Å². The van der Waals surface area contributed by atoms with Crippen LogP contribution in [0.2, 0.25) is 0 Å². The Hall–Kier alpha value is -2.10. The molecule has 0 heterocycles. The van der Waals surface area contributed by atoms with Crippen LogP contribution in [0.1, 0.15) is 48.5 Å². The van der Waals surface area contributed by atoms with Crippen LogP contribution in [0.4, 0.5) is 5.69 Å². The highest BCUT2D eigenvalue weighted by molar-refractivity contribution is 6.07. The molecule has 1 aliphatic rings. The molecule has 4 nitrogen and oxygen atoms in total. The number of nitrogens with one attached hydrogen (secondary N) is 2. The first-order chi connectivity index (χ1) is 10.5. The standard InChI is InChI=1S/C18H24N2O2/c1-12-7-9-14(10-8-12)11-16(21)20-15-6-4-5-13(2)17(15)18(22)19-3/h4-6,11-12H,7-10H2,1-3H3,(H,19,22)(H,20,21). The van der Waals surface area contributed by atoms with Crippen LogP contribution in [0.25, 0.3) is 0 Å². The molecular weight excluding hydrogens is 276 g/mol. The number of anilines is 1. The molecule has 2 rings (SSSR count). The summed E-state index contributed by atoms with van der Waals surface area (Å²) in [5.41, 5.74) is 3.13. The molecule has 0 atom stereocenters. The zero-order chi connectivity index (χ0) is 16.1. The molecular formula is C18H24N2O2. The van der Waals surface area contributed by atoms with Crippen LogP contribution in [0.5, 0.6) is 0 Å². The number of benzene rings is 1. The lowest BCUT2D eigenvalue weighted by Crippen LogP contribution is -2.22. The van der Waals surface area contributed by atoms with Crippen LogP contribution in [0, 0.1) is 12.8 Å². The molecule has 0 aliphatic heterocycles. The summed E-state index contributed by atoms with van der Waals surface area (Å²) in [6.45, 7) is 4.11. The lowest BCUT2D eigenvalue weighted by Gasteiger charge is -2.20. The average Bonchev–Trinajstić information content (AvgIpc) is 2.49. The predicted octanol–water partition coefficient (Wildman–Crippen LogP) is 3.43. The fourth-order valence-electron chi connectivity index (χ4n) is 2.83. The van der Waals surface area contributed by atoms with Crippen LogP contribution in [0.3, 0.4) is 0 Å². The van der Waals surface area contributed by atoms with Crippen molar-refractivity contribution in [2.24, 2.45) is 5.92 Å². The first-order valence-corrected chi connectivity index (χ1v) is 7.83. The molecule has 0 aromatic heterocycles. The fraction of sp³-hybridized carbons (Fsp3) is 0.444. The van der Waals surface area contributed by atoms with Crippen molar-refractivity contribution in [2.75, 3.05) is 12.4 Å². The van der Waals surface area contributed by atoms with E-state index < -0.39 is 0 Å². The van der Waals surface area contributed by atoms with Gasteiger partial charge in [-0.25, -0.2) is 0 Å². The van der Waals surface area contributed by atoms with Gasteiger partial charge in [0.1, 0.15) is 0 Å². The Bertz CT molecular complexity index is 595. The van der Waals surface area contributed by atoms with E-state index in [9.17, 15) is 9.59 Å². The maximum absolute atomic E-state index is 12.2. The number of amides is 2. The van der Waals surface area contributed by atoms with Crippen LogP contribution >= 0.6 is 0 Å². The van der Waals surface area contributed by atoms with Gasteiger partial charge in [-0.2, -0.15) is 0 Å². The summed E-state index contributed by atoms with van der Waals surface area (Å²) < 4.78 is 0. The Balaban J connectivity index is 2.14. The van der Waals surface area contributed by atoms with Crippen molar-refractivity contribution >= 4 is 17.5 Å². The monoisotopic (exact) mass is 300 g/mol. The van der Waals surface area contributed by atoms with E-state index in [-0.39, 0.29) is 11.8 Å². The van der Waals surface area contributed by atoms with Gasteiger partial charge < -0.3 is 10.6 Å². The molecule has 1 saturated carbocycles. The maximum atomic E-state index is 12.2. The maximum Gasteiger partial charge on any atom is 0.253 e. The zero-order valence-corrected chi connectivity index (χ0v) is 13.5. The first kappa shape index (κ1) is 16.3. The molecule has 0 spiro atoms. The summed E-state index contributed by atoms with van der Waals surface area (Å²) in [5, 5.41) is 5.47. The average molecular weight is 300 g/mol. The summed E-state index contributed by atoms with van der Waals surface area (Å²) in [6.07, 6.45) is 5.97. The predicted molar refractivity (Wildman–Crippen MR) is 88.9 cm³/mol. The largest absolute Gasteiger partial charge is 0.355 e. The molecule has 2 amide bonds. The quantitative estimate of drug-likeness (QED) is 0.840. The lowest BCUT2D eigenvalue weighted by atomic mass is 9.87. The molecule has 0 radical (unpaired) electrons. The molecule has 0 bridgehead atoms. The molecule has 2 N–H and O–H groups in total. The molecule has 1 aromatic rings. The van der Waals surface area contributed by atoms with E-state index in [0.29, 0.717) is 11.3 Å². The number of aryl methyl sites for hydroxylation is 1. The van der Waals surface area contributed by atoms with Crippen LogP contribution < -0.4 is 10.6 Å². The molecule has 0 unspecified atom stereocenters. The van der Waals surface area contributed by atoms with E-state index in [0.717, 1.165) is 37.2 Å². The Morgan fingerprint density at radius 1 is 1.23 bits per heavy atom. The van der Waals surface area contributed by atoms with E-state index in [1.165, 1.54) is 5.57 Å². The topological polar surface area (TPSA) is 58.2 Å². The second-order valence-electron chi connectivity index (χ2n) is 6.05. The molecule has 0 saturated heterocycles. The first-order valence-electron chi connectivity index (χ1n) is 7.83. The van der Waals surface area contributed by atoms with E-state index in [1.54, 1.807) is 19.2 Å². The summed E-state index contributed by atoms with van der Waals surface area (Å²) in [4.78, 5) is 24.2. The van der Waals surface area contributed by atoms with Gasteiger partial charge in [-0.15, -0.1) is 0 Å². The van der Waals surface area contributed by atoms with Crippen molar-refractivity contribution in [3.05, 3.63) is 41.0 Å². The highest BCUT2D eigenvalue weighted by atomic mass is 16.2. The fourth-order valence-corrected chi connectivity index (χ4v) is 2.83. The van der Waals surface area contributed by atoms with Gasteiger partial charge in [0.2, 0.25) is 5.91 Å². The van der Waals surface area contributed by atoms with Crippen molar-refractivity contribution in [3.8, 4) is 0 Å². The van der Waals surface area contributed by atoms with Gasteiger partial charge in [0, 0.05) is 13.1 Å². The van der Waals surface area contributed by atoms with Gasteiger partial charge in [0.15, 0.2) is 0 Å². The Labute approximate surface area is 132 Å². The van der Waals surface area contributed by atoms with Gasteiger partial charge in [0.05, 0.1) is 11.3 Å². The van der Waals surface area contributed by atoms with Crippen molar-refractivity contribution in [1.29, 1.82) is 0 Å². The van der Waals surface area contributed by atoms with E-state index in [4.69, 9.17) is 0 Å². The number of carbonyl (C=O) groups is 2. The van der Waals surface area contributed by atoms with Crippen molar-refractivity contribution < 1.29 is 9.59 Å². The van der Waals surface area contributed by atoms with Crippen molar-refractivity contribution in [3.63, 3.8) is 0 Å². The number of hydrogen-bond donors (Lipinski definition) is 2. The van der Waals surface area contributed by atoms with Crippen LogP contribution in [-0.2, 0) is 4.79 Å². The van der Waals surface area contributed by atoms with Gasteiger partial charge in [-0.1, -0.05) is 24.6 Å². The van der Waals surface area contributed by atoms with Gasteiger partial charge in [-0.05, 0) is 50.2 Å². The molecule has 1 aliphatic carbocycles. The Morgan fingerprint density at radius 3 is 2.55 bits per heavy atom. The van der Waals surface area contributed by atoms with Gasteiger partial charge in [0.25, 0.3) is 5.91 Å².